The molecular weight excluding hydrogens is 365 g/mol. The molecule has 1 fully saturated rings. The summed E-state index contributed by atoms with van der Waals surface area (Å²) in [6, 6.07) is 4.76. The molecule has 5 nitrogen and oxygen atoms in total. The molecule has 2 aliphatic rings. The van der Waals surface area contributed by atoms with E-state index in [1.807, 2.05) is 11.6 Å². The molecule has 0 spiro atoms. The molecule has 0 amide bonds. The number of halogens is 2. The fourth-order valence-corrected chi connectivity index (χ4v) is 4.61. The summed E-state index contributed by atoms with van der Waals surface area (Å²) in [5.74, 6) is 0.198. The molecule has 0 unspecified atom stereocenters. The molecule has 0 saturated carbocycles. The van der Waals surface area contributed by atoms with E-state index in [-0.39, 0.29) is 21.9 Å². The number of ether oxygens (including phenoxy) is 1. The number of rotatable bonds is 2. The van der Waals surface area contributed by atoms with Crippen LogP contribution in [0.4, 0.5) is 10.2 Å². The van der Waals surface area contributed by atoms with Crippen molar-refractivity contribution in [1.82, 2.24) is 9.78 Å². The summed E-state index contributed by atoms with van der Waals surface area (Å²) in [6.45, 7) is 3.26. The lowest BCUT2D eigenvalue weighted by atomic mass is 10.1. The summed E-state index contributed by atoms with van der Waals surface area (Å²) < 4.78 is 20.8. The highest BCUT2D eigenvalue weighted by Gasteiger charge is 2.32. The Kier molecular flexibility index (Phi) is 4.47. The molecule has 132 valence electrons. The van der Waals surface area contributed by atoms with Crippen molar-refractivity contribution in [3.05, 3.63) is 50.5 Å². The van der Waals surface area contributed by atoms with Crippen LogP contribution < -0.4 is 5.56 Å². The first-order valence-corrected chi connectivity index (χ1v) is 9.39. The van der Waals surface area contributed by atoms with Gasteiger partial charge in [-0.2, -0.15) is 0 Å². The normalized spacial score (nSPS) is 21.1. The molecule has 1 aromatic heterocycles. The zero-order valence-corrected chi connectivity index (χ0v) is 15.2. The van der Waals surface area contributed by atoms with Crippen molar-refractivity contribution < 1.29 is 9.13 Å². The second kappa shape index (κ2) is 6.63. The smallest absolute Gasteiger partial charge is 0.271 e. The highest BCUT2D eigenvalue weighted by atomic mass is 35.5. The van der Waals surface area contributed by atoms with Crippen molar-refractivity contribution in [2.45, 2.75) is 31.1 Å². The van der Waals surface area contributed by atoms with Crippen molar-refractivity contribution in [3.8, 4) is 0 Å². The molecular formula is C17H17ClFN3O2S. The molecule has 3 heterocycles. The van der Waals surface area contributed by atoms with E-state index in [1.54, 1.807) is 12.1 Å². The molecule has 1 N–H and O–H groups in total. The third kappa shape index (κ3) is 3.05. The molecule has 0 bridgehead atoms. The van der Waals surface area contributed by atoms with E-state index in [1.165, 1.54) is 17.8 Å². The first-order valence-electron chi connectivity index (χ1n) is 8.13. The maximum Gasteiger partial charge on any atom is 0.271 e. The van der Waals surface area contributed by atoms with E-state index in [0.717, 1.165) is 23.4 Å². The minimum Gasteiger partial charge on any atom is -0.381 e. The Bertz CT molecular complexity index is 902. The maximum absolute atomic E-state index is 13.5. The van der Waals surface area contributed by atoms with Gasteiger partial charge in [-0.05, 0) is 37.5 Å². The Hall–Kier alpha value is -1.57. The van der Waals surface area contributed by atoms with Crippen molar-refractivity contribution in [3.63, 3.8) is 0 Å². The Morgan fingerprint density at radius 2 is 2.16 bits per heavy atom. The summed E-state index contributed by atoms with van der Waals surface area (Å²) >= 11 is 7.43. The van der Waals surface area contributed by atoms with Gasteiger partial charge in [0.1, 0.15) is 5.82 Å². The van der Waals surface area contributed by atoms with E-state index in [0.29, 0.717) is 24.6 Å². The van der Waals surface area contributed by atoms with Crippen molar-refractivity contribution >= 4 is 34.2 Å². The van der Waals surface area contributed by atoms with E-state index >= 15 is 0 Å². The van der Waals surface area contributed by atoms with Gasteiger partial charge in [-0.25, -0.2) is 9.38 Å². The Morgan fingerprint density at radius 1 is 1.40 bits per heavy atom. The standard InChI is InChI=1S/C17H17ClFN3O2S/c1-9-20-16-14(15(25-9)10-2-3-13(19)12(18)8-10)17(23)21-22(16)11-4-6-24-7-5-11/h2-3,8,11,15H,4-7H2,1H3,(H,21,23)/t15-/m0/s1. The maximum atomic E-state index is 13.5. The van der Waals surface area contributed by atoms with Gasteiger partial charge in [-0.3, -0.25) is 14.6 Å². The van der Waals surface area contributed by atoms with E-state index in [2.05, 4.69) is 10.1 Å². The predicted octanol–water partition coefficient (Wildman–Crippen LogP) is 4.21. The van der Waals surface area contributed by atoms with E-state index in [4.69, 9.17) is 16.3 Å². The SMILES string of the molecule is CC1=Nc2c(c(=O)[nH]n2C2CCOCC2)[C@H](c2ccc(F)c(Cl)c2)S1. The molecule has 2 aliphatic heterocycles. The molecule has 4 rings (SSSR count). The van der Waals surface area contributed by atoms with Crippen LogP contribution in [0.15, 0.2) is 28.0 Å². The third-order valence-electron chi connectivity index (χ3n) is 4.55. The first kappa shape index (κ1) is 16.9. The number of thioether (sulfide) groups is 1. The fourth-order valence-electron chi connectivity index (χ4n) is 3.33. The highest BCUT2D eigenvalue weighted by molar-refractivity contribution is 8.14. The lowest BCUT2D eigenvalue weighted by molar-refractivity contribution is 0.0666. The quantitative estimate of drug-likeness (QED) is 0.847. The summed E-state index contributed by atoms with van der Waals surface area (Å²) in [4.78, 5) is 17.3. The van der Waals surface area contributed by atoms with Crippen LogP contribution in [0, 0.1) is 5.82 Å². The van der Waals surface area contributed by atoms with Crippen LogP contribution in [0.1, 0.15) is 42.2 Å². The average molecular weight is 382 g/mol. The molecule has 1 saturated heterocycles. The Labute approximate surface area is 153 Å². The van der Waals surface area contributed by atoms with Gasteiger partial charge < -0.3 is 4.74 Å². The van der Waals surface area contributed by atoms with Gasteiger partial charge in [-0.15, -0.1) is 0 Å². The Balaban J connectivity index is 1.82. The predicted molar refractivity (Wildman–Crippen MR) is 97.8 cm³/mol. The number of aromatic amines is 1. The molecule has 2 aromatic rings. The summed E-state index contributed by atoms with van der Waals surface area (Å²) in [7, 11) is 0. The molecule has 0 radical (unpaired) electrons. The van der Waals surface area contributed by atoms with Crippen molar-refractivity contribution in [2.75, 3.05) is 13.2 Å². The van der Waals surface area contributed by atoms with Gasteiger partial charge >= 0.3 is 0 Å². The number of aliphatic imine (C=N–C) groups is 1. The number of nitrogens with zero attached hydrogens (tertiary/aromatic N) is 2. The second-order valence-electron chi connectivity index (χ2n) is 6.19. The van der Waals surface area contributed by atoms with Gasteiger partial charge in [0.05, 0.1) is 26.9 Å². The number of nitrogens with one attached hydrogen (secondary N) is 1. The summed E-state index contributed by atoms with van der Waals surface area (Å²) in [5, 5.41) is 3.61. The lowest BCUT2D eigenvalue weighted by Gasteiger charge is -2.26. The minimum absolute atomic E-state index is 0.0557. The lowest BCUT2D eigenvalue weighted by Crippen LogP contribution is -2.21. The highest BCUT2D eigenvalue weighted by Crippen LogP contribution is 2.45. The van der Waals surface area contributed by atoms with Crippen LogP contribution in [0.3, 0.4) is 0 Å². The van der Waals surface area contributed by atoms with Gasteiger partial charge in [0, 0.05) is 13.2 Å². The van der Waals surface area contributed by atoms with Gasteiger partial charge in [-0.1, -0.05) is 29.4 Å². The number of H-pyrrole nitrogens is 1. The first-order chi connectivity index (χ1) is 12.0. The number of hydrogen-bond acceptors (Lipinski definition) is 4. The summed E-state index contributed by atoms with van der Waals surface area (Å²) in [5.41, 5.74) is 1.24. The van der Waals surface area contributed by atoms with Crippen molar-refractivity contribution in [2.24, 2.45) is 4.99 Å². The van der Waals surface area contributed by atoms with Gasteiger partial charge in [0.15, 0.2) is 5.82 Å². The van der Waals surface area contributed by atoms with Crippen LogP contribution >= 0.6 is 23.4 Å². The average Bonchev–Trinajstić information content (AvgIpc) is 2.94. The van der Waals surface area contributed by atoms with Gasteiger partial charge in [0.25, 0.3) is 5.56 Å². The third-order valence-corrected chi connectivity index (χ3v) is 6.02. The molecule has 0 aliphatic carbocycles. The van der Waals surface area contributed by atoms with Crippen LogP contribution in [-0.4, -0.2) is 28.0 Å². The largest absolute Gasteiger partial charge is 0.381 e. The monoisotopic (exact) mass is 381 g/mol. The fraction of sp³-hybridized carbons (Fsp3) is 0.412. The Morgan fingerprint density at radius 3 is 2.88 bits per heavy atom. The van der Waals surface area contributed by atoms with Crippen molar-refractivity contribution in [1.29, 1.82) is 0 Å². The number of fused-ring (bicyclic) bond motifs is 1. The molecule has 25 heavy (non-hydrogen) atoms. The molecule has 1 atom stereocenters. The molecule has 1 aromatic carbocycles. The van der Waals surface area contributed by atoms with Crippen LogP contribution in [-0.2, 0) is 4.74 Å². The van der Waals surface area contributed by atoms with Crippen LogP contribution in [0.2, 0.25) is 5.02 Å². The van der Waals surface area contributed by atoms with Crippen LogP contribution in [0.25, 0.3) is 0 Å². The molecule has 8 heteroatoms. The number of aromatic nitrogens is 2. The number of benzene rings is 1. The van der Waals surface area contributed by atoms with Crippen LogP contribution in [0.5, 0.6) is 0 Å². The van der Waals surface area contributed by atoms with E-state index in [9.17, 15) is 9.18 Å². The zero-order valence-electron chi connectivity index (χ0n) is 13.6. The second-order valence-corrected chi connectivity index (χ2v) is 7.90. The van der Waals surface area contributed by atoms with E-state index < -0.39 is 5.82 Å². The zero-order chi connectivity index (χ0) is 17.6. The summed E-state index contributed by atoms with van der Waals surface area (Å²) in [6.07, 6.45) is 1.68. The topological polar surface area (TPSA) is 59.4 Å². The number of hydrogen-bond donors (Lipinski definition) is 1. The van der Waals surface area contributed by atoms with Gasteiger partial charge in [0.2, 0.25) is 0 Å². The minimum atomic E-state index is -0.467.